The van der Waals surface area contributed by atoms with Crippen molar-refractivity contribution in [3.63, 3.8) is 0 Å². The van der Waals surface area contributed by atoms with Gasteiger partial charge in [-0.2, -0.15) is 4.98 Å². The molecule has 0 saturated carbocycles. The Bertz CT molecular complexity index is 1050. The average Bonchev–Trinajstić information content (AvgIpc) is 2.81. The second-order valence-corrected chi connectivity index (χ2v) is 7.93. The molecule has 2 aromatic carbocycles. The van der Waals surface area contributed by atoms with Gasteiger partial charge in [0, 0.05) is 31.4 Å². The number of nitrogens with zero attached hydrogens (tertiary/aromatic N) is 4. The van der Waals surface area contributed by atoms with Gasteiger partial charge in [0.1, 0.15) is 6.33 Å². The normalized spacial score (nSPS) is 14.2. The lowest BCUT2D eigenvalue weighted by Crippen LogP contribution is -2.38. The summed E-state index contributed by atoms with van der Waals surface area (Å²) in [7, 11) is 0. The van der Waals surface area contributed by atoms with Gasteiger partial charge in [-0.3, -0.25) is 4.79 Å². The molecule has 32 heavy (non-hydrogen) atoms. The number of hydrogen-bond donors (Lipinski definition) is 2. The van der Waals surface area contributed by atoms with E-state index in [1.807, 2.05) is 43.3 Å². The van der Waals surface area contributed by atoms with Gasteiger partial charge in [0.2, 0.25) is 17.8 Å². The Morgan fingerprint density at radius 1 is 1.12 bits per heavy atom. The SMILES string of the molecule is CC(=O)Nc1cc(Nc2ncnc(N3CCC(OCc4ccccc4)CC3)n2)ccc1C. The molecule has 1 aromatic heterocycles. The van der Waals surface area contributed by atoms with Gasteiger partial charge in [-0.1, -0.05) is 36.4 Å². The van der Waals surface area contributed by atoms with Crippen molar-refractivity contribution in [2.75, 3.05) is 28.6 Å². The first-order valence-corrected chi connectivity index (χ1v) is 10.8. The third-order valence-corrected chi connectivity index (χ3v) is 5.42. The van der Waals surface area contributed by atoms with Crippen LogP contribution in [0.5, 0.6) is 0 Å². The molecule has 2 N–H and O–H groups in total. The summed E-state index contributed by atoms with van der Waals surface area (Å²) in [5.74, 6) is 1.01. The summed E-state index contributed by atoms with van der Waals surface area (Å²) in [6, 6.07) is 16.0. The molecule has 0 bridgehead atoms. The van der Waals surface area contributed by atoms with E-state index in [4.69, 9.17) is 4.74 Å². The number of amides is 1. The Morgan fingerprint density at radius 3 is 2.66 bits per heavy atom. The molecule has 1 aliphatic rings. The Labute approximate surface area is 188 Å². The fraction of sp³-hybridized carbons (Fsp3) is 0.333. The Morgan fingerprint density at radius 2 is 1.91 bits per heavy atom. The van der Waals surface area contributed by atoms with Crippen LogP contribution in [-0.4, -0.2) is 40.1 Å². The maximum absolute atomic E-state index is 11.4. The van der Waals surface area contributed by atoms with E-state index in [2.05, 4.69) is 42.6 Å². The first kappa shape index (κ1) is 21.7. The number of hydrogen-bond acceptors (Lipinski definition) is 7. The minimum Gasteiger partial charge on any atom is -0.373 e. The smallest absolute Gasteiger partial charge is 0.231 e. The summed E-state index contributed by atoms with van der Waals surface area (Å²) in [5.41, 5.74) is 3.74. The molecule has 0 radical (unpaired) electrons. The van der Waals surface area contributed by atoms with Gasteiger partial charge < -0.3 is 20.3 Å². The van der Waals surface area contributed by atoms with Crippen molar-refractivity contribution in [1.29, 1.82) is 0 Å². The van der Waals surface area contributed by atoms with Gasteiger partial charge in [0.25, 0.3) is 0 Å². The van der Waals surface area contributed by atoms with Gasteiger partial charge in [-0.15, -0.1) is 0 Å². The van der Waals surface area contributed by atoms with Crippen LogP contribution in [0.15, 0.2) is 54.9 Å². The summed E-state index contributed by atoms with van der Waals surface area (Å²) in [6.07, 6.45) is 3.62. The summed E-state index contributed by atoms with van der Waals surface area (Å²) in [6.45, 7) is 5.75. The fourth-order valence-corrected chi connectivity index (χ4v) is 3.66. The number of carbonyl (C=O) groups excluding carboxylic acids is 1. The van der Waals surface area contributed by atoms with E-state index in [0.29, 0.717) is 18.5 Å². The first-order chi connectivity index (χ1) is 15.6. The molecule has 0 unspecified atom stereocenters. The van der Waals surface area contributed by atoms with Crippen LogP contribution in [0.2, 0.25) is 0 Å². The second-order valence-electron chi connectivity index (χ2n) is 7.93. The number of rotatable bonds is 7. The Kier molecular flexibility index (Phi) is 6.91. The van der Waals surface area contributed by atoms with E-state index in [1.54, 1.807) is 0 Å². The quantitative estimate of drug-likeness (QED) is 0.581. The van der Waals surface area contributed by atoms with Crippen molar-refractivity contribution in [2.45, 2.75) is 39.4 Å². The molecule has 8 heteroatoms. The number of piperidine rings is 1. The summed E-state index contributed by atoms with van der Waals surface area (Å²) >= 11 is 0. The van der Waals surface area contributed by atoms with Crippen molar-refractivity contribution in [1.82, 2.24) is 15.0 Å². The molecule has 166 valence electrons. The number of anilines is 4. The van der Waals surface area contributed by atoms with Crippen molar-refractivity contribution in [3.8, 4) is 0 Å². The number of ether oxygens (including phenoxy) is 1. The van der Waals surface area contributed by atoms with Crippen LogP contribution in [0.1, 0.15) is 30.9 Å². The largest absolute Gasteiger partial charge is 0.373 e. The third kappa shape index (κ3) is 5.79. The lowest BCUT2D eigenvalue weighted by Gasteiger charge is -2.31. The van der Waals surface area contributed by atoms with Crippen LogP contribution in [0, 0.1) is 6.92 Å². The molecule has 3 aromatic rings. The lowest BCUT2D eigenvalue weighted by atomic mass is 10.1. The molecule has 4 rings (SSSR count). The maximum Gasteiger partial charge on any atom is 0.231 e. The predicted molar refractivity (Wildman–Crippen MR) is 125 cm³/mol. The first-order valence-electron chi connectivity index (χ1n) is 10.8. The Hall–Kier alpha value is -3.52. The number of aromatic nitrogens is 3. The standard InChI is InChI=1S/C24H28N6O2/c1-17-8-9-20(14-22(17)27-18(2)31)28-23-25-16-26-24(29-23)30-12-10-21(11-13-30)32-15-19-6-4-3-5-7-19/h3-9,14,16,21H,10-13,15H2,1-2H3,(H,27,31)(H,25,26,28,29). The van der Waals surface area contributed by atoms with E-state index >= 15 is 0 Å². The summed E-state index contributed by atoms with van der Waals surface area (Å²) < 4.78 is 6.08. The highest BCUT2D eigenvalue weighted by Gasteiger charge is 2.22. The van der Waals surface area contributed by atoms with Crippen LogP contribution >= 0.6 is 0 Å². The molecule has 0 atom stereocenters. The third-order valence-electron chi connectivity index (χ3n) is 5.42. The molecule has 1 aliphatic heterocycles. The Balaban J connectivity index is 1.34. The van der Waals surface area contributed by atoms with E-state index in [-0.39, 0.29) is 12.0 Å². The maximum atomic E-state index is 11.4. The van der Waals surface area contributed by atoms with Gasteiger partial charge in [0.15, 0.2) is 0 Å². The van der Waals surface area contributed by atoms with E-state index in [1.165, 1.54) is 18.8 Å². The number of carbonyl (C=O) groups is 1. The van der Waals surface area contributed by atoms with Crippen LogP contribution in [0.25, 0.3) is 0 Å². The van der Waals surface area contributed by atoms with Crippen LogP contribution in [-0.2, 0) is 16.1 Å². The highest BCUT2D eigenvalue weighted by atomic mass is 16.5. The van der Waals surface area contributed by atoms with Crippen molar-refractivity contribution >= 4 is 29.2 Å². The predicted octanol–water partition coefficient (Wildman–Crippen LogP) is 4.07. The number of nitrogens with one attached hydrogen (secondary N) is 2. The molecule has 1 fully saturated rings. The zero-order valence-electron chi connectivity index (χ0n) is 18.4. The molecule has 8 nitrogen and oxygen atoms in total. The zero-order chi connectivity index (χ0) is 22.3. The summed E-state index contributed by atoms with van der Waals surface area (Å²) in [5, 5.41) is 6.04. The molecular formula is C24H28N6O2. The van der Waals surface area contributed by atoms with Gasteiger partial charge in [-0.05, 0) is 43.0 Å². The molecule has 1 saturated heterocycles. The monoisotopic (exact) mass is 432 g/mol. The highest BCUT2D eigenvalue weighted by molar-refractivity contribution is 5.90. The molecular weight excluding hydrogens is 404 g/mol. The van der Waals surface area contributed by atoms with E-state index in [0.717, 1.165) is 42.9 Å². The fourth-order valence-electron chi connectivity index (χ4n) is 3.66. The highest BCUT2D eigenvalue weighted by Crippen LogP contribution is 2.24. The van der Waals surface area contributed by atoms with E-state index < -0.39 is 0 Å². The van der Waals surface area contributed by atoms with Crippen molar-refractivity contribution < 1.29 is 9.53 Å². The number of benzene rings is 2. The zero-order valence-corrected chi connectivity index (χ0v) is 18.4. The van der Waals surface area contributed by atoms with Crippen LogP contribution in [0.3, 0.4) is 0 Å². The van der Waals surface area contributed by atoms with Crippen LogP contribution < -0.4 is 15.5 Å². The van der Waals surface area contributed by atoms with Crippen LogP contribution in [0.4, 0.5) is 23.3 Å². The summed E-state index contributed by atoms with van der Waals surface area (Å²) in [4.78, 5) is 26.8. The number of aryl methyl sites for hydroxylation is 1. The van der Waals surface area contributed by atoms with E-state index in [9.17, 15) is 4.79 Å². The minimum absolute atomic E-state index is 0.108. The van der Waals surface area contributed by atoms with Gasteiger partial charge in [-0.25, -0.2) is 9.97 Å². The molecule has 0 spiro atoms. The van der Waals surface area contributed by atoms with Gasteiger partial charge in [0.05, 0.1) is 12.7 Å². The topological polar surface area (TPSA) is 92.3 Å². The minimum atomic E-state index is -0.108. The van der Waals surface area contributed by atoms with Gasteiger partial charge >= 0.3 is 0 Å². The average molecular weight is 433 g/mol. The van der Waals surface area contributed by atoms with Crippen molar-refractivity contribution in [3.05, 3.63) is 66.0 Å². The second kappa shape index (κ2) is 10.2. The van der Waals surface area contributed by atoms with Crippen molar-refractivity contribution in [2.24, 2.45) is 0 Å². The lowest BCUT2D eigenvalue weighted by molar-refractivity contribution is -0.114. The molecule has 2 heterocycles. The molecule has 1 amide bonds. The molecule has 0 aliphatic carbocycles.